The van der Waals surface area contributed by atoms with Gasteiger partial charge < -0.3 is 10.2 Å². The zero-order valence-corrected chi connectivity index (χ0v) is 1.80. The third-order valence-corrected chi connectivity index (χ3v) is 0. The summed E-state index contributed by atoms with van der Waals surface area (Å²) in [6, 6.07) is 0. The number of carboxylic acid groups (broad SMARTS) is 2. The van der Waals surface area contributed by atoms with Crippen LogP contribution in [0.5, 0.6) is 0 Å². The Labute approximate surface area is 71.4 Å². The van der Waals surface area contributed by atoms with Gasteiger partial charge in [-0.3, -0.25) is 0 Å². The third kappa shape index (κ3) is 50.4. The van der Waals surface area contributed by atoms with Crippen molar-refractivity contribution in [2.24, 2.45) is 0 Å². The molecule has 26 valence electrons. The van der Waals surface area contributed by atoms with Gasteiger partial charge in [0.05, 0.1) is 0 Å². The van der Waals surface area contributed by atoms with Crippen LogP contribution in [0.3, 0.4) is 0 Å². The molecule has 5 heavy (non-hydrogen) atoms. The van der Waals surface area contributed by atoms with Crippen molar-refractivity contribution in [3.63, 3.8) is 0 Å². The summed E-state index contributed by atoms with van der Waals surface area (Å²) in [7, 11) is 0. The summed E-state index contributed by atoms with van der Waals surface area (Å²) in [4.78, 5) is 8.56. The van der Waals surface area contributed by atoms with Crippen LogP contribution < -0.4 is 0 Å². The number of rotatable bonds is 0. The molecule has 0 rings (SSSR count). The van der Waals surface area contributed by atoms with Crippen LogP contribution in [0.25, 0.3) is 0 Å². The fraction of sp³-hybridized carbons (Fsp3) is 0. The van der Waals surface area contributed by atoms with Crippen LogP contribution in [0.1, 0.15) is 0 Å². The summed E-state index contributed by atoms with van der Waals surface area (Å²) in [5.41, 5.74) is 0. The van der Waals surface area contributed by atoms with E-state index in [1.54, 1.807) is 0 Å². The van der Waals surface area contributed by atoms with Gasteiger partial charge in [0.2, 0.25) is 0 Å². The molecule has 0 aromatic heterocycles. The second-order valence-electron chi connectivity index (χ2n) is 0.283. The Morgan fingerprint density at radius 2 is 1.40 bits per heavy atom. The molecular formula is CH3KO3. The van der Waals surface area contributed by atoms with Gasteiger partial charge >= 0.3 is 57.5 Å². The van der Waals surface area contributed by atoms with Crippen LogP contribution in [-0.4, -0.2) is 67.8 Å². The molecule has 0 aromatic carbocycles. The average Bonchev–Trinajstić information content (AvgIpc) is 0.811. The van der Waals surface area contributed by atoms with E-state index in [0.717, 1.165) is 0 Å². The summed E-state index contributed by atoms with van der Waals surface area (Å²) in [6.45, 7) is 0. The van der Waals surface area contributed by atoms with Crippen LogP contribution in [-0.2, 0) is 0 Å². The van der Waals surface area contributed by atoms with E-state index >= 15 is 0 Å². The molecule has 0 amide bonds. The van der Waals surface area contributed by atoms with Crippen molar-refractivity contribution in [3.05, 3.63) is 0 Å². The van der Waals surface area contributed by atoms with Gasteiger partial charge in [-0.15, -0.1) is 0 Å². The number of hydrogen-bond donors (Lipinski definition) is 2. The standard InChI is InChI=1S/CH2O3.K.H/c2-1(3)4;;/h(H2,2,3,4);;. The van der Waals surface area contributed by atoms with Crippen molar-refractivity contribution in [1.82, 2.24) is 0 Å². The quantitative estimate of drug-likeness (QED) is 0.408. The maximum absolute atomic E-state index is 8.56. The van der Waals surface area contributed by atoms with Gasteiger partial charge in [0.15, 0.2) is 0 Å². The van der Waals surface area contributed by atoms with Crippen LogP contribution >= 0.6 is 0 Å². The first kappa shape index (κ1) is 9.32. The van der Waals surface area contributed by atoms with Gasteiger partial charge in [0, 0.05) is 0 Å². The fourth-order valence-electron chi connectivity index (χ4n) is 0. The minimum atomic E-state index is -1.83. The van der Waals surface area contributed by atoms with Crippen molar-refractivity contribution >= 4 is 57.5 Å². The minimum absolute atomic E-state index is 0. The van der Waals surface area contributed by atoms with E-state index in [4.69, 9.17) is 15.0 Å². The molecule has 0 heterocycles. The Kier molecular flexibility index (Phi) is 9.14. The van der Waals surface area contributed by atoms with E-state index in [9.17, 15) is 0 Å². The Hall–Kier alpha value is 0.906. The van der Waals surface area contributed by atoms with E-state index < -0.39 is 6.16 Å². The topological polar surface area (TPSA) is 57.5 Å². The van der Waals surface area contributed by atoms with Crippen molar-refractivity contribution in [2.45, 2.75) is 0 Å². The van der Waals surface area contributed by atoms with E-state index in [-0.39, 0.29) is 51.4 Å². The predicted molar refractivity (Wildman–Crippen MR) is 17.8 cm³/mol. The molecule has 0 fully saturated rings. The SMILES string of the molecule is O=C(O)O.[KH]. The molecular weight excluding hydrogens is 99.1 g/mol. The first-order valence-corrected chi connectivity index (χ1v) is 0.651. The summed E-state index contributed by atoms with van der Waals surface area (Å²) in [5.74, 6) is 0. The Morgan fingerprint density at radius 3 is 1.40 bits per heavy atom. The average molecular weight is 102 g/mol. The van der Waals surface area contributed by atoms with Gasteiger partial charge in [0.25, 0.3) is 0 Å². The molecule has 3 nitrogen and oxygen atoms in total. The van der Waals surface area contributed by atoms with Crippen LogP contribution in [0.2, 0.25) is 0 Å². The molecule has 2 N–H and O–H groups in total. The first-order valence-electron chi connectivity index (χ1n) is 0.651. The van der Waals surface area contributed by atoms with E-state index in [1.165, 1.54) is 0 Å². The van der Waals surface area contributed by atoms with Crippen LogP contribution in [0.15, 0.2) is 0 Å². The van der Waals surface area contributed by atoms with Gasteiger partial charge in [0.1, 0.15) is 0 Å². The molecule has 0 saturated carbocycles. The van der Waals surface area contributed by atoms with Crippen LogP contribution in [0.4, 0.5) is 4.79 Å². The molecule has 0 unspecified atom stereocenters. The van der Waals surface area contributed by atoms with Crippen molar-refractivity contribution < 1.29 is 15.0 Å². The molecule has 0 bridgehead atoms. The zero-order chi connectivity index (χ0) is 3.58. The molecule has 0 radical (unpaired) electrons. The van der Waals surface area contributed by atoms with E-state index in [0.29, 0.717) is 0 Å². The Bertz CT molecular complexity index is 29.9. The third-order valence-electron chi connectivity index (χ3n) is 0. The van der Waals surface area contributed by atoms with Gasteiger partial charge in [-0.05, 0) is 0 Å². The second-order valence-corrected chi connectivity index (χ2v) is 0.283. The molecule has 4 heteroatoms. The van der Waals surface area contributed by atoms with Crippen molar-refractivity contribution in [1.29, 1.82) is 0 Å². The molecule has 0 atom stereocenters. The molecule has 0 spiro atoms. The maximum atomic E-state index is 8.56. The predicted octanol–water partition coefficient (Wildman–Crippen LogP) is -0.426. The summed E-state index contributed by atoms with van der Waals surface area (Å²) >= 11 is 0. The number of carbonyl (C=O) groups is 1. The Morgan fingerprint density at radius 1 is 1.40 bits per heavy atom. The molecule has 0 saturated heterocycles. The van der Waals surface area contributed by atoms with E-state index in [1.807, 2.05) is 0 Å². The molecule has 0 aliphatic rings. The van der Waals surface area contributed by atoms with Gasteiger partial charge in [-0.2, -0.15) is 0 Å². The summed E-state index contributed by atoms with van der Waals surface area (Å²) in [5, 5.41) is 13.9. The van der Waals surface area contributed by atoms with Crippen LogP contribution in [0, 0.1) is 0 Å². The van der Waals surface area contributed by atoms with E-state index in [2.05, 4.69) is 0 Å². The number of hydrogen-bond acceptors (Lipinski definition) is 1. The summed E-state index contributed by atoms with van der Waals surface area (Å²) in [6.07, 6.45) is -1.83. The summed E-state index contributed by atoms with van der Waals surface area (Å²) < 4.78 is 0. The van der Waals surface area contributed by atoms with Crippen molar-refractivity contribution in [2.75, 3.05) is 0 Å². The first-order chi connectivity index (χ1) is 1.73. The fourth-order valence-corrected chi connectivity index (χ4v) is 0. The normalized spacial score (nSPS) is 4.80. The molecule has 0 aromatic rings. The van der Waals surface area contributed by atoms with Crippen molar-refractivity contribution in [3.8, 4) is 0 Å². The zero-order valence-electron chi connectivity index (χ0n) is 1.80. The second kappa shape index (κ2) is 4.91. The van der Waals surface area contributed by atoms with Gasteiger partial charge in [-0.25, -0.2) is 4.79 Å². The monoisotopic (exact) mass is 102 g/mol. The molecule has 0 aliphatic heterocycles. The Balaban J connectivity index is 0. The van der Waals surface area contributed by atoms with Gasteiger partial charge in [-0.1, -0.05) is 0 Å². The molecule has 0 aliphatic carbocycles.